The third-order valence-corrected chi connectivity index (χ3v) is 7.77. The highest BCUT2D eigenvalue weighted by Crippen LogP contribution is 2.56. The summed E-state index contributed by atoms with van der Waals surface area (Å²) < 4.78 is 0. The Kier molecular flexibility index (Phi) is 7.63. The first kappa shape index (κ1) is 29.4. The van der Waals surface area contributed by atoms with E-state index in [0.29, 0.717) is 5.56 Å². The van der Waals surface area contributed by atoms with Gasteiger partial charge in [-0.05, 0) is 31.6 Å². The Bertz CT molecular complexity index is 1330. The normalized spacial score (nSPS) is 30.3. The average molecular weight is 572 g/mol. The van der Waals surface area contributed by atoms with Crippen molar-refractivity contribution in [2.45, 2.75) is 30.6 Å². The van der Waals surface area contributed by atoms with E-state index < -0.39 is 93.2 Å². The SMILES string of the molecule is CC1c2ccc(NC(=O)CCl)c(O)c2C(O)=C2C(=O)C3(O)C(O)=C(C(N)=O)C(=O)[C@@H](N(C)C)C3C(O)C21.Cl. The van der Waals surface area contributed by atoms with Crippen LogP contribution >= 0.6 is 24.0 Å². The number of ketones is 2. The number of aliphatic hydroxyl groups excluding tert-OH is 3. The average Bonchev–Trinajstić information content (AvgIpc) is 2.82. The Morgan fingerprint density at radius 3 is 2.32 bits per heavy atom. The van der Waals surface area contributed by atoms with Gasteiger partial charge >= 0.3 is 0 Å². The van der Waals surface area contributed by atoms with Crippen LogP contribution in [0.25, 0.3) is 5.76 Å². The Hall–Kier alpha value is -3.16. The second-order valence-corrected chi connectivity index (χ2v) is 9.92. The van der Waals surface area contributed by atoms with Crippen LogP contribution in [0.4, 0.5) is 5.69 Å². The van der Waals surface area contributed by atoms with Gasteiger partial charge in [-0.1, -0.05) is 13.0 Å². The number of benzene rings is 1. The minimum Gasteiger partial charge on any atom is -0.508 e. The van der Waals surface area contributed by atoms with Crippen LogP contribution in [-0.4, -0.2) is 91.5 Å². The second-order valence-electron chi connectivity index (χ2n) is 9.66. The maximum atomic E-state index is 13.9. The first-order valence-corrected chi connectivity index (χ1v) is 11.8. The zero-order valence-electron chi connectivity index (χ0n) is 20.4. The monoisotopic (exact) mass is 571 g/mol. The summed E-state index contributed by atoms with van der Waals surface area (Å²) in [4.78, 5) is 52.1. The second kappa shape index (κ2) is 9.86. The van der Waals surface area contributed by atoms with Gasteiger partial charge in [0.1, 0.15) is 28.7 Å². The number of primary amides is 1. The maximum Gasteiger partial charge on any atom is 0.255 e. The summed E-state index contributed by atoms with van der Waals surface area (Å²) in [6, 6.07) is 1.41. The Morgan fingerprint density at radius 2 is 1.79 bits per heavy atom. The first-order valence-electron chi connectivity index (χ1n) is 11.3. The van der Waals surface area contributed by atoms with E-state index in [1.54, 1.807) is 6.92 Å². The molecule has 38 heavy (non-hydrogen) atoms. The molecule has 2 amide bonds. The number of aromatic hydroxyl groups is 1. The molecule has 4 rings (SSSR count). The van der Waals surface area contributed by atoms with E-state index in [1.807, 2.05) is 0 Å². The van der Waals surface area contributed by atoms with Crippen molar-refractivity contribution in [3.05, 3.63) is 40.2 Å². The number of nitrogens with zero attached hydrogens (tertiary/aromatic N) is 1. The number of amides is 2. The molecule has 3 aliphatic rings. The van der Waals surface area contributed by atoms with Gasteiger partial charge in [0.25, 0.3) is 5.91 Å². The number of anilines is 1. The van der Waals surface area contributed by atoms with E-state index in [0.717, 1.165) is 0 Å². The number of carbonyl (C=O) groups is 4. The number of nitrogens with two attached hydrogens (primary N) is 1. The van der Waals surface area contributed by atoms with Gasteiger partial charge in [-0.3, -0.25) is 24.1 Å². The van der Waals surface area contributed by atoms with Crippen molar-refractivity contribution in [2.75, 3.05) is 25.3 Å². The third kappa shape index (κ3) is 3.78. The predicted octanol–water partition coefficient (Wildman–Crippen LogP) is 0.0949. The van der Waals surface area contributed by atoms with Crippen molar-refractivity contribution in [1.29, 1.82) is 0 Å². The number of likely N-dealkylation sites (N-methyl/N-ethyl adjacent to an activating group) is 1. The minimum atomic E-state index is -3.00. The molecular weight excluding hydrogens is 545 g/mol. The Morgan fingerprint density at radius 1 is 1.18 bits per heavy atom. The van der Waals surface area contributed by atoms with E-state index in [9.17, 15) is 44.7 Å². The van der Waals surface area contributed by atoms with Crippen LogP contribution in [0, 0.1) is 11.8 Å². The van der Waals surface area contributed by atoms with Crippen molar-refractivity contribution in [3.8, 4) is 5.75 Å². The van der Waals surface area contributed by atoms with Gasteiger partial charge < -0.3 is 36.6 Å². The summed E-state index contributed by atoms with van der Waals surface area (Å²) in [6.07, 6.45) is -1.69. The lowest BCUT2D eigenvalue weighted by Gasteiger charge is -2.53. The molecule has 5 unspecified atom stereocenters. The number of nitrogens with one attached hydrogen (secondary N) is 1. The lowest BCUT2D eigenvalue weighted by Crippen LogP contribution is -2.70. The van der Waals surface area contributed by atoms with Gasteiger partial charge in [-0.25, -0.2) is 0 Å². The summed E-state index contributed by atoms with van der Waals surface area (Å²) in [7, 11) is 2.86. The number of phenols is 1. The van der Waals surface area contributed by atoms with Gasteiger partial charge in [0.2, 0.25) is 11.7 Å². The van der Waals surface area contributed by atoms with E-state index in [4.69, 9.17) is 17.3 Å². The maximum absolute atomic E-state index is 13.9. The van der Waals surface area contributed by atoms with Gasteiger partial charge in [0.15, 0.2) is 11.4 Å². The van der Waals surface area contributed by atoms with Crippen LogP contribution in [-0.2, 0) is 19.2 Å². The fourth-order valence-electron chi connectivity index (χ4n) is 5.90. The fraction of sp³-hybridized carbons (Fsp3) is 0.417. The minimum absolute atomic E-state index is 0. The summed E-state index contributed by atoms with van der Waals surface area (Å²) in [5.74, 6) is -11.0. The highest BCUT2D eigenvalue weighted by molar-refractivity contribution is 6.29. The summed E-state index contributed by atoms with van der Waals surface area (Å²) in [6.45, 7) is 1.60. The smallest absolute Gasteiger partial charge is 0.255 e. The third-order valence-electron chi connectivity index (χ3n) is 7.52. The van der Waals surface area contributed by atoms with E-state index in [1.165, 1.54) is 31.1 Å². The highest BCUT2D eigenvalue weighted by Gasteiger charge is 2.68. The molecule has 0 bridgehead atoms. The fourth-order valence-corrected chi connectivity index (χ4v) is 5.97. The molecule has 1 aromatic rings. The van der Waals surface area contributed by atoms with Crippen molar-refractivity contribution in [1.82, 2.24) is 4.90 Å². The molecule has 0 heterocycles. The summed E-state index contributed by atoms with van der Waals surface area (Å²) in [5.41, 5.74) is 0.738. The lowest BCUT2D eigenvalue weighted by molar-refractivity contribution is -0.169. The molecule has 0 spiro atoms. The van der Waals surface area contributed by atoms with E-state index in [-0.39, 0.29) is 23.7 Å². The molecule has 8 N–H and O–H groups in total. The quantitative estimate of drug-likeness (QED) is 0.147. The largest absolute Gasteiger partial charge is 0.508 e. The first-order chi connectivity index (χ1) is 17.2. The molecule has 0 radical (unpaired) electrons. The lowest BCUT2D eigenvalue weighted by atomic mass is 9.54. The van der Waals surface area contributed by atoms with E-state index in [2.05, 4.69) is 5.32 Å². The molecule has 1 saturated carbocycles. The molecule has 1 fully saturated rings. The van der Waals surface area contributed by atoms with Crippen molar-refractivity contribution < 1.29 is 44.7 Å². The molecule has 12 nitrogen and oxygen atoms in total. The number of hydrogen-bond acceptors (Lipinski definition) is 10. The van der Waals surface area contributed by atoms with Crippen molar-refractivity contribution in [3.63, 3.8) is 0 Å². The van der Waals surface area contributed by atoms with Crippen LogP contribution < -0.4 is 11.1 Å². The number of hydrogen-bond donors (Lipinski definition) is 7. The van der Waals surface area contributed by atoms with Gasteiger partial charge in [-0.2, -0.15) is 0 Å². The Labute approximate surface area is 227 Å². The number of aliphatic hydroxyl groups is 4. The van der Waals surface area contributed by atoms with Crippen LogP contribution in [0.2, 0.25) is 0 Å². The van der Waals surface area contributed by atoms with Crippen LogP contribution in [0.5, 0.6) is 5.75 Å². The topological polar surface area (TPSA) is 211 Å². The van der Waals surface area contributed by atoms with Crippen molar-refractivity contribution in [2.24, 2.45) is 17.6 Å². The standard InChI is InChI=1S/C24H26ClN3O9.ClH/c1-7-8-4-5-9(27-10(29)6-25)17(30)12(8)18(31)13-11(7)19(32)15-16(28(2)3)20(33)14(23(26)36)22(35)24(15,37)21(13)34;/h4-5,7,11,15-16,19,30-32,35,37H,6H2,1-3H3,(H2,26,36)(H,27,29);1H/t7?,11?,15?,16-,19?,24?;/m0./s1. The van der Waals surface area contributed by atoms with Crippen LogP contribution in [0.1, 0.15) is 24.0 Å². The van der Waals surface area contributed by atoms with Crippen LogP contribution in [0.3, 0.4) is 0 Å². The number of alkyl halides is 1. The van der Waals surface area contributed by atoms with Gasteiger partial charge in [0.05, 0.1) is 29.3 Å². The number of fused-ring (bicyclic) bond motifs is 3. The number of Topliss-reactive ketones (excluding diaryl/α,β-unsaturated/α-hetero) is 2. The molecule has 14 heteroatoms. The molecule has 206 valence electrons. The van der Waals surface area contributed by atoms with Crippen molar-refractivity contribution >= 4 is 58.8 Å². The molecule has 3 aliphatic carbocycles. The molecular formula is C24H27Cl2N3O9. The summed E-state index contributed by atoms with van der Waals surface area (Å²) >= 11 is 5.51. The number of halogens is 2. The number of carbonyl (C=O) groups excluding carboxylic acids is 4. The molecule has 1 aromatic carbocycles. The predicted molar refractivity (Wildman–Crippen MR) is 137 cm³/mol. The summed E-state index contributed by atoms with van der Waals surface area (Å²) in [5, 5.41) is 58.5. The van der Waals surface area contributed by atoms with Crippen LogP contribution in [0.15, 0.2) is 29.0 Å². The molecule has 6 atom stereocenters. The number of rotatable bonds is 4. The van der Waals surface area contributed by atoms with E-state index >= 15 is 0 Å². The highest BCUT2D eigenvalue weighted by atomic mass is 35.5. The zero-order chi connectivity index (χ0) is 27.7. The zero-order valence-corrected chi connectivity index (χ0v) is 22.0. The van der Waals surface area contributed by atoms with Gasteiger partial charge in [0, 0.05) is 11.5 Å². The van der Waals surface area contributed by atoms with Gasteiger partial charge in [-0.15, -0.1) is 24.0 Å². The Balaban J connectivity index is 0.00000400. The molecule has 0 aromatic heterocycles. The number of phenolic OH excluding ortho intramolecular Hbond substituents is 1. The molecule has 0 saturated heterocycles. The molecule has 0 aliphatic heterocycles.